The average Bonchev–Trinajstić information content (AvgIpc) is 2.52. The molecule has 0 saturated heterocycles. The molecular weight excluding hydrogens is 290 g/mol. The van der Waals surface area contributed by atoms with E-state index in [9.17, 15) is 4.39 Å². The fourth-order valence-corrected chi connectivity index (χ4v) is 3.74. The lowest BCUT2D eigenvalue weighted by molar-refractivity contribution is 0.335. The quantitative estimate of drug-likeness (QED) is 0.676. The number of hydrogen-bond donors (Lipinski definition) is 0. The molecule has 1 aliphatic rings. The molecule has 1 aromatic carbocycles. The van der Waals surface area contributed by atoms with Crippen LogP contribution in [0, 0.1) is 11.2 Å². The minimum atomic E-state index is -0.198. The molecule has 0 heterocycles. The van der Waals surface area contributed by atoms with Crippen molar-refractivity contribution in [3.63, 3.8) is 0 Å². The van der Waals surface area contributed by atoms with Gasteiger partial charge in [0.1, 0.15) is 5.82 Å². The SMILES string of the molecule is CC1(Cc2cc(F)ccc2Cl)CCC(Br)C1. The first kappa shape index (κ1) is 12.4. The lowest BCUT2D eigenvalue weighted by Crippen LogP contribution is -2.16. The highest BCUT2D eigenvalue weighted by Crippen LogP contribution is 2.44. The maximum absolute atomic E-state index is 13.2. The van der Waals surface area contributed by atoms with Crippen molar-refractivity contribution in [1.82, 2.24) is 0 Å². The molecule has 1 aromatic rings. The molecule has 3 heteroatoms. The van der Waals surface area contributed by atoms with Gasteiger partial charge in [0.25, 0.3) is 0 Å². The molecule has 1 saturated carbocycles. The molecule has 2 unspecified atom stereocenters. The van der Waals surface area contributed by atoms with Crippen LogP contribution >= 0.6 is 27.5 Å². The van der Waals surface area contributed by atoms with Crippen LogP contribution in [0.5, 0.6) is 0 Å². The minimum absolute atomic E-state index is 0.198. The molecule has 0 aliphatic heterocycles. The molecule has 2 atom stereocenters. The second kappa shape index (κ2) is 4.66. The molecule has 1 aliphatic carbocycles. The molecule has 1 fully saturated rings. The van der Waals surface area contributed by atoms with Gasteiger partial charge in [-0.05, 0) is 54.9 Å². The smallest absolute Gasteiger partial charge is 0.123 e. The second-order valence-electron chi connectivity index (χ2n) is 5.06. The topological polar surface area (TPSA) is 0 Å². The van der Waals surface area contributed by atoms with Crippen molar-refractivity contribution >= 4 is 27.5 Å². The van der Waals surface area contributed by atoms with Gasteiger partial charge in [0.15, 0.2) is 0 Å². The molecule has 2 rings (SSSR count). The van der Waals surface area contributed by atoms with Crippen LogP contribution in [0.15, 0.2) is 18.2 Å². The first-order valence-corrected chi connectivity index (χ1v) is 6.86. The van der Waals surface area contributed by atoms with Gasteiger partial charge in [0.05, 0.1) is 0 Å². The number of benzene rings is 1. The van der Waals surface area contributed by atoms with Crippen molar-refractivity contribution in [1.29, 1.82) is 0 Å². The lowest BCUT2D eigenvalue weighted by Gasteiger charge is -2.24. The van der Waals surface area contributed by atoms with E-state index in [0.29, 0.717) is 9.85 Å². The Balaban J connectivity index is 2.17. The Morgan fingerprint density at radius 2 is 2.31 bits per heavy atom. The third-order valence-corrected chi connectivity index (χ3v) is 4.55. The fourth-order valence-electron chi connectivity index (χ4n) is 2.54. The molecule has 16 heavy (non-hydrogen) atoms. The molecule has 0 bridgehead atoms. The van der Waals surface area contributed by atoms with E-state index in [2.05, 4.69) is 22.9 Å². The second-order valence-corrected chi connectivity index (χ2v) is 6.77. The molecule has 0 nitrogen and oxygen atoms in total. The number of hydrogen-bond acceptors (Lipinski definition) is 0. The molecule has 0 aromatic heterocycles. The normalized spacial score (nSPS) is 29.6. The summed E-state index contributed by atoms with van der Waals surface area (Å²) in [5.41, 5.74) is 1.19. The summed E-state index contributed by atoms with van der Waals surface area (Å²) in [6, 6.07) is 4.63. The summed E-state index contributed by atoms with van der Waals surface area (Å²) in [5.74, 6) is -0.198. The molecule has 88 valence electrons. The highest BCUT2D eigenvalue weighted by Gasteiger charge is 2.34. The van der Waals surface area contributed by atoms with E-state index in [4.69, 9.17) is 11.6 Å². The van der Waals surface area contributed by atoms with E-state index < -0.39 is 0 Å². The number of halogens is 3. The summed E-state index contributed by atoms with van der Waals surface area (Å²) in [6.07, 6.45) is 4.38. The van der Waals surface area contributed by atoms with E-state index in [-0.39, 0.29) is 11.2 Å². The first-order valence-electron chi connectivity index (χ1n) is 5.56. The molecule has 0 N–H and O–H groups in total. The number of alkyl halides is 1. The third kappa shape index (κ3) is 2.78. The van der Waals surface area contributed by atoms with Crippen molar-refractivity contribution in [3.05, 3.63) is 34.6 Å². The highest BCUT2D eigenvalue weighted by molar-refractivity contribution is 9.09. The third-order valence-electron chi connectivity index (χ3n) is 3.40. The van der Waals surface area contributed by atoms with Gasteiger partial charge >= 0.3 is 0 Å². The van der Waals surface area contributed by atoms with Crippen LogP contribution in [0.4, 0.5) is 4.39 Å². The lowest BCUT2D eigenvalue weighted by atomic mass is 9.82. The van der Waals surface area contributed by atoms with Gasteiger partial charge in [-0.2, -0.15) is 0 Å². The summed E-state index contributed by atoms with van der Waals surface area (Å²) >= 11 is 9.75. The first-order chi connectivity index (χ1) is 7.48. The van der Waals surface area contributed by atoms with Gasteiger partial charge in [0, 0.05) is 9.85 Å². The van der Waals surface area contributed by atoms with Gasteiger partial charge < -0.3 is 0 Å². The Morgan fingerprint density at radius 3 is 2.94 bits per heavy atom. The standard InChI is InChI=1S/C13H15BrClF/c1-13(5-4-10(14)8-13)7-9-6-11(16)2-3-12(9)15/h2-3,6,10H,4-5,7-8H2,1H3. The van der Waals surface area contributed by atoms with Crippen LogP contribution < -0.4 is 0 Å². The Kier molecular flexibility index (Phi) is 3.60. The van der Waals surface area contributed by atoms with E-state index in [1.54, 1.807) is 12.1 Å². The summed E-state index contributed by atoms with van der Waals surface area (Å²) in [7, 11) is 0. The highest BCUT2D eigenvalue weighted by atomic mass is 79.9. The summed E-state index contributed by atoms with van der Waals surface area (Å²) < 4.78 is 13.2. The predicted molar refractivity (Wildman–Crippen MR) is 69.8 cm³/mol. The predicted octanol–water partition coefficient (Wildman–Crippen LogP) is 4.98. The van der Waals surface area contributed by atoms with E-state index >= 15 is 0 Å². The monoisotopic (exact) mass is 304 g/mol. The Bertz CT molecular complexity index is 394. The average molecular weight is 306 g/mol. The fraction of sp³-hybridized carbons (Fsp3) is 0.538. The van der Waals surface area contributed by atoms with Crippen LogP contribution in [0.3, 0.4) is 0 Å². The Labute approximate surface area is 109 Å². The molecule has 0 spiro atoms. The van der Waals surface area contributed by atoms with Crippen LogP contribution in [0.2, 0.25) is 5.02 Å². The van der Waals surface area contributed by atoms with Crippen LogP contribution in [-0.4, -0.2) is 4.83 Å². The van der Waals surface area contributed by atoms with E-state index in [1.807, 2.05) is 0 Å². The van der Waals surface area contributed by atoms with Crippen LogP contribution in [0.1, 0.15) is 31.7 Å². The summed E-state index contributed by atoms with van der Waals surface area (Å²) in [4.78, 5) is 0.602. The van der Waals surface area contributed by atoms with Gasteiger partial charge in [-0.25, -0.2) is 4.39 Å². The minimum Gasteiger partial charge on any atom is -0.207 e. The van der Waals surface area contributed by atoms with Gasteiger partial charge in [0.2, 0.25) is 0 Å². The van der Waals surface area contributed by atoms with Crippen molar-refractivity contribution in [2.24, 2.45) is 5.41 Å². The van der Waals surface area contributed by atoms with Crippen LogP contribution in [-0.2, 0) is 6.42 Å². The number of rotatable bonds is 2. The summed E-state index contributed by atoms with van der Waals surface area (Å²) in [5, 5.41) is 0.681. The maximum Gasteiger partial charge on any atom is 0.123 e. The Morgan fingerprint density at radius 1 is 1.56 bits per heavy atom. The maximum atomic E-state index is 13.2. The van der Waals surface area contributed by atoms with E-state index in [0.717, 1.165) is 18.4 Å². The zero-order valence-electron chi connectivity index (χ0n) is 9.27. The van der Waals surface area contributed by atoms with Gasteiger partial charge in [-0.15, -0.1) is 0 Å². The van der Waals surface area contributed by atoms with Gasteiger partial charge in [-0.1, -0.05) is 34.5 Å². The van der Waals surface area contributed by atoms with Gasteiger partial charge in [-0.3, -0.25) is 0 Å². The largest absolute Gasteiger partial charge is 0.207 e. The van der Waals surface area contributed by atoms with Crippen molar-refractivity contribution in [2.45, 2.75) is 37.4 Å². The van der Waals surface area contributed by atoms with Crippen molar-refractivity contribution < 1.29 is 4.39 Å². The van der Waals surface area contributed by atoms with Crippen molar-refractivity contribution in [2.75, 3.05) is 0 Å². The van der Waals surface area contributed by atoms with Crippen molar-refractivity contribution in [3.8, 4) is 0 Å². The molecule has 0 radical (unpaired) electrons. The zero-order valence-corrected chi connectivity index (χ0v) is 11.6. The zero-order chi connectivity index (χ0) is 11.8. The summed E-state index contributed by atoms with van der Waals surface area (Å²) in [6.45, 7) is 2.26. The molecular formula is C13H15BrClF. The van der Waals surface area contributed by atoms with Crippen LogP contribution in [0.25, 0.3) is 0 Å². The van der Waals surface area contributed by atoms with E-state index in [1.165, 1.54) is 18.9 Å². The Hall–Kier alpha value is -0.0800. The molecule has 0 amide bonds.